The molecule has 25 heavy (non-hydrogen) atoms. The number of ether oxygens (including phenoxy) is 1. The summed E-state index contributed by atoms with van der Waals surface area (Å²) in [7, 11) is 0. The molecule has 0 unspecified atom stereocenters. The topological polar surface area (TPSA) is 28.6 Å². The number of rotatable bonds is 10. The summed E-state index contributed by atoms with van der Waals surface area (Å²) in [5.74, 6) is 1.95. The smallest absolute Gasteiger partial charge is 0.128 e. The number of nitrogens with zero attached hydrogens (tertiary/aromatic N) is 3. The second-order valence-electron chi connectivity index (χ2n) is 7.91. The Morgan fingerprint density at radius 2 is 1.80 bits per heavy atom. The van der Waals surface area contributed by atoms with Crippen molar-refractivity contribution in [1.82, 2.24) is 9.88 Å². The van der Waals surface area contributed by atoms with Gasteiger partial charge in [0, 0.05) is 39.0 Å². The van der Waals surface area contributed by atoms with Crippen LogP contribution in [-0.2, 0) is 11.2 Å². The number of aryl methyl sites for hydroxylation is 1. The molecule has 0 amide bonds. The molecule has 2 rings (SSSR count). The van der Waals surface area contributed by atoms with Crippen LogP contribution in [0.25, 0.3) is 0 Å². The molecule has 0 bridgehead atoms. The number of anilines is 1. The lowest BCUT2D eigenvalue weighted by Crippen LogP contribution is -2.46. The summed E-state index contributed by atoms with van der Waals surface area (Å²) < 4.78 is 5.60. The number of piperazine rings is 1. The third kappa shape index (κ3) is 7.74. The third-order valence-corrected chi connectivity index (χ3v) is 4.82. The second kappa shape index (κ2) is 10.8. The zero-order chi connectivity index (χ0) is 18.1. The van der Waals surface area contributed by atoms with Crippen LogP contribution in [0, 0.1) is 5.92 Å². The maximum atomic E-state index is 5.60. The molecule has 1 aliphatic heterocycles. The van der Waals surface area contributed by atoms with Gasteiger partial charge in [0.2, 0.25) is 0 Å². The highest BCUT2D eigenvalue weighted by Gasteiger charge is 2.17. The van der Waals surface area contributed by atoms with Crippen molar-refractivity contribution in [2.24, 2.45) is 5.92 Å². The van der Waals surface area contributed by atoms with E-state index in [0.29, 0.717) is 6.10 Å². The summed E-state index contributed by atoms with van der Waals surface area (Å²) in [4.78, 5) is 9.71. The zero-order valence-electron chi connectivity index (χ0n) is 16.7. The highest BCUT2D eigenvalue weighted by molar-refractivity contribution is 5.39. The standard InChI is InChI=1S/C21H37N3O/c1-18(2)7-5-11-23-12-14-24(15-13-23)21-10-9-20(17-22-21)8-6-16-25-19(3)4/h9-10,17-19H,5-8,11-16H2,1-4H3. The normalized spacial score (nSPS) is 16.2. The molecule has 1 aromatic heterocycles. The maximum absolute atomic E-state index is 5.60. The lowest BCUT2D eigenvalue weighted by Gasteiger charge is -2.35. The van der Waals surface area contributed by atoms with Gasteiger partial charge in [-0.3, -0.25) is 4.90 Å². The molecule has 0 spiro atoms. The molecule has 0 N–H and O–H groups in total. The number of hydrogen-bond acceptors (Lipinski definition) is 4. The largest absolute Gasteiger partial charge is 0.379 e. The highest BCUT2D eigenvalue weighted by Crippen LogP contribution is 2.15. The minimum Gasteiger partial charge on any atom is -0.379 e. The molecule has 1 aliphatic rings. The lowest BCUT2D eigenvalue weighted by molar-refractivity contribution is 0.0772. The third-order valence-electron chi connectivity index (χ3n) is 4.82. The van der Waals surface area contributed by atoms with Crippen LogP contribution in [-0.4, -0.2) is 55.3 Å². The molecule has 1 aromatic rings. The fourth-order valence-electron chi connectivity index (χ4n) is 3.27. The first-order valence-corrected chi connectivity index (χ1v) is 10.1. The van der Waals surface area contributed by atoms with Crippen molar-refractivity contribution in [3.63, 3.8) is 0 Å². The highest BCUT2D eigenvalue weighted by atomic mass is 16.5. The summed E-state index contributed by atoms with van der Waals surface area (Å²) in [5, 5.41) is 0. The first-order valence-electron chi connectivity index (χ1n) is 10.1. The lowest BCUT2D eigenvalue weighted by atomic mass is 10.1. The van der Waals surface area contributed by atoms with Crippen molar-refractivity contribution < 1.29 is 4.74 Å². The number of hydrogen-bond donors (Lipinski definition) is 0. The van der Waals surface area contributed by atoms with Gasteiger partial charge in [-0.15, -0.1) is 0 Å². The van der Waals surface area contributed by atoms with Crippen LogP contribution in [0.4, 0.5) is 5.82 Å². The van der Waals surface area contributed by atoms with Gasteiger partial charge in [-0.1, -0.05) is 19.9 Å². The first-order chi connectivity index (χ1) is 12.0. The van der Waals surface area contributed by atoms with E-state index < -0.39 is 0 Å². The number of aromatic nitrogens is 1. The molecule has 0 saturated carbocycles. The Labute approximate surface area is 154 Å². The van der Waals surface area contributed by atoms with Crippen molar-refractivity contribution in [3.8, 4) is 0 Å². The molecule has 0 atom stereocenters. The Balaban J connectivity index is 1.68. The van der Waals surface area contributed by atoms with E-state index in [1.807, 2.05) is 6.20 Å². The molecule has 0 aromatic carbocycles. The van der Waals surface area contributed by atoms with Crippen LogP contribution in [0.5, 0.6) is 0 Å². The van der Waals surface area contributed by atoms with Crippen LogP contribution >= 0.6 is 0 Å². The first kappa shape index (κ1) is 20.2. The monoisotopic (exact) mass is 347 g/mol. The van der Waals surface area contributed by atoms with Crippen LogP contribution in [0.1, 0.15) is 52.5 Å². The molecule has 1 saturated heterocycles. The molecule has 142 valence electrons. The van der Waals surface area contributed by atoms with E-state index >= 15 is 0 Å². The number of pyridine rings is 1. The van der Waals surface area contributed by atoms with Gasteiger partial charge >= 0.3 is 0 Å². The van der Waals surface area contributed by atoms with Gasteiger partial charge in [-0.25, -0.2) is 4.98 Å². The molecule has 0 radical (unpaired) electrons. The Hall–Kier alpha value is -1.13. The molecular weight excluding hydrogens is 310 g/mol. The van der Waals surface area contributed by atoms with Gasteiger partial charge in [-0.05, 0) is 63.6 Å². The van der Waals surface area contributed by atoms with Crippen molar-refractivity contribution in [2.75, 3.05) is 44.2 Å². The predicted molar refractivity (Wildman–Crippen MR) is 106 cm³/mol. The average molecular weight is 348 g/mol. The van der Waals surface area contributed by atoms with Gasteiger partial charge in [0.05, 0.1) is 6.10 Å². The van der Waals surface area contributed by atoms with E-state index in [2.05, 4.69) is 49.6 Å². The molecular formula is C21H37N3O. The minimum absolute atomic E-state index is 0.324. The van der Waals surface area contributed by atoms with E-state index in [1.165, 1.54) is 24.9 Å². The summed E-state index contributed by atoms with van der Waals surface area (Å²) in [6, 6.07) is 4.42. The molecule has 1 fully saturated rings. The van der Waals surface area contributed by atoms with Crippen LogP contribution < -0.4 is 4.90 Å². The summed E-state index contributed by atoms with van der Waals surface area (Å²) in [5.41, 5.74) is 1.31. The van der Waals surface area contributed by atoms with Gasteiger partial charge in [0.1, 0.15) is 5.82 Å². The summed E-state index contributed by atoms with van der Waals surface area (Å²) >= 11 is 0. The maximum Gasteiger partial charge on any atom is 0.128 e. The van der Waals surface area contributed by atoms with E-state index in [4.69, 9.17) is 9.72 Å². The van der Waals surface area contributed by atoms with Gasteiger partial charge in [-0.2, -0.15) is 0 Å². The van der Waals surface area contributed by atoms with E-state index in [-0.39, 0.29) is 0 Å². The van der Waals surface area contributed by atoms with Crippen molar-refractivity contribution in [2.45, 2.75) is 59.5 Å². The SMILES string of the molecule is CC(C)CCCN1CCN(c2ccc(CCCOC(C)C)cn2)CC1. The van der Waals surface area contributed by atoms with E-state index in [1.54, 1.807) is 0 Å². The molecule has 2 heterocycles. The Morgan fingerprint density at radius 1 is 1.04 bits per heavy atom. The molecule has 4 heteroatoms. The summed E-state index contributed by atoms with van der Waals surface area (Å²) in [6.07, 6.45) is 7.14. The Kier molecular flexibility index (Phi) is 8.70. The molecule has 4 nitrogen and oxygen atoms in total. The van der Waals surface area contributed by atoms with Crippen molar-refractivity contribution in [3.05, 3.63) is 23.9 Å². The van der Waals surface area contributed by atoms with Crippen molar-refractivity contribution in [1.29, 1.82) is 0 Å². The van der Waals surface area contributed by atoms with Gasteiger partial charge in [0.25, 0.3) is 0 Å². The minimum atomic E-state index is 0.324. The average Bonchev–Trinajstić information content (AvgIpc) is 2.59. The van der Waals surface area contributed by atoms with Crippen molar-refractivity contribution >= 4 is 5.82 Å². The predicted octanol–water partition coefficient (Wildman–Crippen LogP) is 4.00. The fourth-order valence-corrected chi connectivity index (χ4v) is 3.27. The van der Waals surface area contributed by atoms with E-state index in [9.17, 15) is 0 Å². The van der Waals surface area contributed by atoms with Gasteiger partial charge < -0.3 is 9.64 Å². The van der Waals surface area contributed by atoms with Crippen LogP contribution in [0.15, 0.2) is 18.3 Å². The fraction of sp³-hybridized carbons (Fsp3) is 0.762. The van der Waals surface area contributed by atoms with E-state index in [0.717, 1.165) is 57.4 Å². The van der Waals surface area contributed by atoms with Crippen LogP contribution in [0.2, 0.25) is 0 Å². The summed E-state index contributed by atoms with van der Waals surface area (Å²) in [6.45, 7) is 15.4. The van der Waals surface area contributed by atoms with Gasteiger partial charge in [0.15, 0.2) is 0 Å². The quantitative estimate of drug-likeness (QED) is 0.598. The zero-order valence-corrected chi connectivity index (χ0v) is 16.7. The molecule has 0 aliphatic carbocycles. The Morgan fingerprint density at radius 3 is 2.40 bits per heavy atom. The van der Waals surface area contributed by atoms with Crippen LogP contribution in [0.3, 0.4) is 0 Å². The Bertz CT molecular complexity index is 465. The second-order valence-corrected chi connectivity index (χ2v) is 7.91.